The van der Waals surface area contributed by atoms with Crippen molar-refractivity contribution in [1.29, 1.82) is 0 Å². The van der Waals surface area contributed by atoms with Crippen LogP contribution in [0.2, 0.25) is 0 Å². The summed E-state index contributed by atoms with van der Waals surface area (Å²) in [5, 5.41) is 1.13. The van der Waals surface area contributed by atoms with E-state index in [9.17, 15) is 13.2 Å². The van der Waals surface area contributed by atoms with Gasteiger partial charge in [0.05, 0.1) is 29.2 Å². The zero-order chi connectivity index (χ0) is 17.6. The molecule has 0 unspecified atom stereocenters. The second kappa shape index (κ2) is 5.62. The van der Waals surface area contributed by atoms with E-state index in [1.165, 1.54) is 6.07 Å². The van der Waals surface area contributed by atoms with E-state index in [1.807, 2.05) is 31.2 Å². The van der Waals surface area contributed by atoms with E-state index in [-0.39, 0.29) is 0 Å². The molecule has 1 aliphatic rings. The fourth-order valence-electron chi connectivity index (χ4n) is 3.23. The molecular weight excluding hydrogens is 325 g/mol. The van der Waals surface area contributed by atoms with Crippen molar-refractivity contribution >= 4 is 22.7 Å². The van der Waals surface area contributed by atoms with Gasteiger partial charge in [0.2, 0.25) is 0 Å². The molecule has 0 bridgehead atoms. The van der Waals surface area contributed by atoms with Gasteiger partial charge < -0.3 is 4.57 Å². The van der Waals surface area contributed by atoms with Gasteiger partial charge in [-0.3, -0.25) is 4.99 Å². The molecule has 2 aromatic carbocycles. The molecule has 1 aromatic heterocycles. The van der Waals surface area contributed by atoms with Gasteiger partial charge in [-0.05, 0) is 42.8 Å². The first-order valence-electron chi connectivity index (χ1n) is 7.93. The van der Waals surface area contributed by atoms with E-state index >= 15 is 0 Å². The number of aliphatic imine (C=N–C) groups is 1. The highest BCUT2D eigenvalue weighted by molar-refractivity contribution is 6.03. The highest BCUT2D eigenvalue weighted by Crippen LogP contribution is 2.31. The number of halogens is 3. The van der Waals surface area contributed by atoms with Gasteiger partial charge in [-0.1, -0.05) is 30.3 Å². The zero-order valence-corrected chi connectivity index (χ0v) is 13.5. The van der Waals surface area contributed by atoms with Crippen LogP contribution < -0.4 is 0 Å². The second-order valence-corrected chi connectivity index (χ2v) is 6.13. The molecule has 0 atom stereocenters. The summed E-state index contributed by atoms with van der Waals surface area (Å²) < 4.78 is 40.8. The number of allylic oxidation sites excluding steroid dienone is 1. The maximum absolute atomic E-state index is 12.9. The van der Waals surface area contributed by atoms with Crippen LogP contribution in [0.25, 0.3) is 17.0 Å². The molecule has 126 valence electrons. The Labute approximate surface area is 142 Å². The molecule has 4 rings (SSSR count). The zero-order valence-electron chi connectivity index (χ0n) is 13.5. The Kier molecular flexibility index (Phi) is 3.53. The van der Waals surface area contributed by atoms with Crippen molar-refractivity contribution in [3.63, 3.8) is 0 Å². The molecule has 0 fully saturated rings. The lowest BCUT2D eigenvalue weighted by atomic mass is 10.1. The first kappa shape index (κ1) is 15.7. The van der Waals surface area contributed by atoms with Gasteiger partial charge in [-0.2, -0.15) is 13.2 Å². The first-order chi connectivity index (χ1) is 11.9. The summed E-state index contributed by atoms with van der Waals surface area (Å²) in [6.45, 7) is 2.46. The van der Waals surface area contributed by atoms with Crippen LogP contribution >= 0.6 is 0 Å². The number of nitrogens with zero attached hydrogens (tertiary/aromatic N) is 2. The Balaban J connectivity index is 1.76. The topological polar surface area (TPSA) is 17.3 Å². The number of alkyl halides is 3. The number of hydrogen-bond acceptors (Lipinski definition) is 1. The Morgan fingerprint density at radius 3 is 2.64 bits per heavy atom. The molecular formula is C20H15F3N2. The van der Waals surface area contributed by atoms with Crippen molar-refractivity contribution in [1.82, 2.24) is 4.57 Å². The van der Waals surface area contributed by atoms with Gasteiger partial charge >= 0.3 is 6.18 Å². The number of para-hydroxylation sites is 1. The van der Waals surface area contributed by atoms with Crippen LogP contribution in [0.1, 0.15) is 23.7 Å². The number of hydrogen-bond donors (Lipinski definition) is 0. The van der Waals surface area contributed by atoms with Crippen LogP contribution in [0, 0.1) is 0 Å². The predicted molar refractivity (Wildman–Crippen MR) is 93.6 cm³/mol. The molecule has 0 radical (unpaired) electrons. The van der Waals surface area contributed by atoms with Crippen molar-refractivity contribution in [2.45, 2.75) is 19.6 Å². The molecule has 0 aliphatic carbocycles. The quantitative estimate of drug-likeness (QED) is 0.555. The predicted octanol–water partition coefficient (Wildman–Crippen LogP) is 5.52. The molecule has 0 saturated carbocycles. The second-order valence-electron chi connectivity index (χ2n) is 6.13. The van der Waals surface area contributed by atoms with Crippen LogP contribution in [-0.4, -0.2) is 10.3 Å². The minimum atomic E-state index is -4.34. The number of benzene rings is 2. The van der Waals surface area contributed by atoms with Gasteiger partial charge in [0.25, 0.3) is 0 Å². The van der Waals surface area contributed by atoms with E-state index in [2.05, 4.69) is 15.6 Å². The van der Waals surface area contributed by atoms with Gasteiger partial charge in [-0.25, -0.2) is 0 Å². The fourth-order valence-corrected chi connectivity index (χ4v) is 3.23. The van der Waals surface area contributed by atoms with E-state index in [1.54, 1.807) is 12.1 Å². The Bertz CT molecular complexity index is 1020. The highest BCUT2D eigenvalue weighted by Gasteiger charge is 2.30. The van der Waals surface area contributed by atoms with Gasteiger partial charge in [0.1, 0.15) is 0 Å². The number of aromatic nitrogens is 1. The van der Waals surface area contributed by atoms with E-state index in [0.29, 0.717) is 12.1 Å². The third-order valence-corrected chi connectivity index (χ3v) is 4.36. The third kappa shape index (κ3) is 2.86. The average molecular weight is 340 g/mol. The summed E-state index contributed by atoms with van der Waals surface area (Å²) >= 11 is 0. The molecule has 2 heterocycles. The molecule has 1 aliphatic heterocycles. The summed E-state index contributed by atoms with van der Waals surface area (Å²) in [5.74, 6) is 0. The summed E-state index contributed by atoms with van der Waals surface area (Å²) in [5.41, 5.74) is 3.60. The normalized spacial score (nSPS) is 16.2. The van der Waals surface area contributed by atoms with Crippen molar-refractivity contribution in [2.75, 3.05) is 0 Å². The van der Waals surface area contributed by atoms with Crippen molar-refractivity contribution in [2.24, 2.45) is 4.99 Å². The SMILES string of the molecule is CC1=N/C(=C/c2cccc(C(F)(F)F)c2)Cn2c1cc1ccccc12. The van der Waals surface area contributed by atoms with Crippen LogP contribution in [-0.2, 0) is 12.7 Å². The molecule has 0 spiro atoms. The Hall–Kier alpha value is -2.82. The smallest absolute Gasteiger partial charge is 0.333 e. The van der Waals surface area contributed by atoms with Crippen molar-refractivity contribution < 1.29 is 13.2 Å². The average Bonchev–Trinajstić information content (AvgIpc) is 2.94. The molecule has 2 nitrogen and oxygen atoms in total. The fraction of sp³-hybridized carbons (Fsp3) is 0.150. The maximum Gasteiger partial charge on any atom is 0.416 e. The standard InChI is InChI=1S/C20H15F3N2/c1-13-19-11-15-6-2-3-8-18(15)25(19)12-17(24-13)10-14-5-4-7-16(9-14)20(21,22)23/h2-11H,12H2,1H3/b17-10+. The van der Waals surface area contributed by atoms with Crippen LogP contribution in [0.3, 0.4) is 0 Å². The summed E-state index contributed by atoms with van der Waals surface area (Å²) in [6.07, 6.45) is -2.62. The summed E-state index contributed by atoms with van der Waals surface area (Å²) in [4.78, 5) is 4.58. The van der Waals surface area contributed by atoms with E-state index < -0.39 is 11.7 Å². The number of rotatable bonds is 1. The van der Waals surface area contributed by atoms with Crippen LogP contribution in [0.15, 0.2) is 65.3 Å². The molecule has 5 heteroatoms. The Morgan fingerprint density at radius 2 is 1.84 bits per heavy atom. The minimum absolute atomic E-state index is 0.501. The number of fused-ring (bicyclic) bond motifs is 3. The first-order valence-corrected chi connectivity index (χ1v) is 7.93. The van der Waals surface area contributed by atoms with Crippen molar-refractivity contribution in [3.05, 3.63) is 77.1 Å². The van der Waals surface area contributed by atoms with Crippen LogP contribution in [0.5, 0.6) is 0 Å². The monoisotopic (exact) mass is 340 g/mol. The van der Waals surface area contributed by atoms with E-state index in [4.69, 9.17) is 0 Å². The largest absolute Gasteiger partial charge is 0.416 e. The third-order valence-electron chi connectivity index (χ3n) is 4.36. The molecule has 3 aromatic rings. The minimum Gasteiger partial charge on any atom is -0.333 e. The summed E-state index contributed by atoms with van der Waals surface area (Å²) in [6, 6.07) is 15.5. The molecule has 0 saturated heterocycles. The highest BCUT2D eigenvalue weighted by atomic mass is 19.4. The lowest BCUT2D eigenvalue weighted by Gasteiger charge is -2.17. The van der Waals surface area contributed by atoms with Crippen LogP contribution in [0.4, 0.5) is 13.2 Å². The summed E-state index contributed by atoms with van der Waals surface area (Å²) in [7, 11) is 0. The van der Waals surface area contributed by atoms with Crippen molar-refractivity contribution in [3.8, 4) is 0 Å². The molecule has 0 N–H and O–H groups in total. The Morgan fingerprint density at radius 1 is 1.04 bits per heavy atom. The van der Waals surface area contributed by atoms with E-state index in [0.717, 1.165) is 40.1 Å². The maximum atomic E-state index is 12.9. The molecule has 0 amide bonds. The van der Waals surface area contributed by atoms with Gasteiger partial charge in [-0.15, -0.1) is 0 Å². The van der Waals surface area contributed by atoms with Gasteiger partial charge in [0.15, 0.2) is 0 Å². The lowest BCUT2D eigenvalue weighted by Crippen LogP contribution is -2.14. The molecule has 25 heavy (non-hydrogen) atoms. The lowest BCUT2D eigenvalue weighted by molar-refractivity contribution is -0.137. The van der Waals surface area contributed by atoms with Gasteiger partial charge in [0, 0.05) is 10.9 Å².